The minimum absolute atomic E-state index is 0.183. The highest BCUT2D eigenvalue weighted by Gasteiger charge is 2.57. The van der Waals surface area contributed by atoms with Crippen molar-refractivity contribution in [2.75, 3.05) is 17.3 Å². The normalized spacial score (nSPS) is 19.4. The van der Waals surface area contributed by atoms with E-state index >= 15 is 0 Å². The Morgan fingerprint density at radius 1 is 0.915 bits per heavy atom. The van der Waals surface area contributed by atoms with E-state index in [9.17, 15) is 32.3 Å². The molecule has 3 atom stereocenters. The Kier molecular flexibility index (Phi) is 8.33. The van der Waals surface area contributed by atoms with Crippen molar-refractivity contribution < 1.29 is 32.3 Å². The van der Waals surface area contributed by atoms with E-state index in [0.29, 0.717) is 31.8 Å². The number of fused-ring (bicyclic) bond motifs is 2. The number of imide groups is 1. The maximum Gasteiger partial charge on any atom is 0.418 e. The van der Waals surface area contributed by atoms with Crippen molar-refractivity contribution in [3.8, 4) is 5.75 Å². The third-order valence-corrected chi connectivity index (χ3v) is 10.9. The van der Waals surface area contributed by atoms with E-state index in [-0.39, 0.29) is 12.0 Å². The highest BCUT2D eigenvalue weighted by molar-refractivity contribution is 8.00. The number of amides is 3. The van der Waals surface area contributed by atoms with E-state index in [1.807, 2.05) is 45.0 Å². The van der Waals surface area contributed by atoms with Crippen LogP contribution in [0.5, 0.6) is 5.75 Å². The minimum atomic E-state index is -4.81. The molecule has 47 heavy (non-hydrogen) atoms. The number of anilines is 2. The number of nitrogens with zero attached hydrogens (tertiary/aromatic N) is 2. The molecule has 3 aromatic carbocycles. The first-order valence-corrected chi connectivity index (χ1v) is 16.4. The smallest absolute Gasteiger partial charge is 0.418 e. The fraction of sp³-hybridized carbons (Fsp3) is 0.294. The number of thiazole rings is 1. The predicted molar refractivity (Wildman–Crippen MR) is 174 cm³/mol. The van der Waals surface area contributed by atoms with Gasteiger partial charge in [-0.1, -0.05) is 80.3 Å². The third kappa shape index (κ3) is 5.98. The van der Waals surface area contributed by atoms with Gasteiger partial charge in [0.15, 0.2) is 0 Å². The molecule has 3 heterocycles. The molecule has 6 rings (SSSR count). The molecular weight excluding hydrogens is 652 g/mol. The van der Waals surface area contributed by atoms with Gasteiger partial charge in [-0.3, -0.25) is 23.7 Å². The minimum Gasteiger partial charge on any atom is -0.497 e. The van der Waals surface area contributed by atoms with Crippen LogP contribution < -0.4 is 19.8 Å². The first-order valence-electron chi connectivity index (χ1n) is 14.7. The Morgan fingerprint density at radius 2 is 1.57 bits per heavy atom. The highest BCUT2D eigenvalue weighted by atomic mass is 32.2. The van der Waals surface area contributed by atoms with E-state index in [0.717, 1.165) is 40.8 Å². The number of methoxy groups -OCH3 is 1. The lowest BCUT2D eigenvalue weighted by Crippen LogP contribution is -2.33. The van der Waals surface area contributed by atoms with E-state index in [1.165, 1.54) is 23.8 Å². The number of ether oxygens (including phenoxy) is 1. The van der Waals surface area contributed by atoms with Crippen molar-refractivity contribution in [2.45, 2.75) is 55.1 Å². The Bertz CT molecular complexity index is 1930. The molecule has 0 spiro atoms. The van der Waals surface area contributed by atoms with Crippen LogP contribution in [0.1, 0.15) is 48.3 Å². The van der Waals surface area contributed by atoms with Crippen LogP contribution in [0.3, 0.4) is 0 Å². The van der Waals surface area contributed by atoms with Crippen molar-refractivity contribution in [3.63, 3.8) is 0 Å². The van der Waals surface area contributed by atoms with Crippen LogP contribution in [0.4, 0.5) is 24.5 Å². The fourth-order valence-electron chi connectivity index (χ4n) is 5.97. The second-order valence-corrected chi connectivity index (χ2v) is 14.5. The van der Waals surface area contributed by atoms with E-state index in [2.05, 4.69) is 5.32 Å². The number of rotatable bonds is 6. The SMILES string of the molecule is COc1ccc(NC(=O)Cn2c3c(sc2=O)[C@H](c2ccc(C(C)(C)C)cc2)C2C(=O)N(c4ccccc4C(F)(F)F)C(=O)C2S3)cc1. The lowest BCUT2D eigenvalue weighted by Gasteiger charge is -2.31. The summed E-state index contributed by atoms with van der Waals surface area (Å²) in [7, 11) is 1.52. The van der Waals surface area contributed by atoms with Gasteiger partial charge in [0.2, 0.25) is 17.7 Å². The zero-order valence-corrected chi connectivity index (χ0v) is 27.4. The summed E-state index contributed by atoms with van der Waals surface area (Å²) in [5, 5.41) is 1.95. The van der Waals surface area contributed by atoms with Crippen molar-refractivity contribution >= 4 is 52.2 Å². The molecule has 244 valence electrons. The number of hydrogen-bond acceptors (Lipinski definition) is 7. The monoisotopic (exact) mass is 681 g/mol. The maximum atomic E-state index is 14.1. The topological polar surface area (TPSA) is 97.7 Å². The number of nitrogens with one attached hydrogen (secondary N) is 1. The molecule has 2 aliphatic rings. The van der Waals surface area contributed by atoms with Crippen LogP contribution in [0, 0.1) is 5.92 Å². The zero-order valence-electron chi connectivity index (χ0n) is 25.8. The second kappa shape index (κ2) is 12.0. The summed E-state index contributed by atoms with van der Waals surface area (Å²) in [4.78, 5) is 55.3. The molecule has 8 nitrogen and oxygen atoms in total. The number of alkyl halides is 3. The van der Waals surface area contributed by atoms with Crippen LogP contribution in [0.15, 0.2) is 82.6 Å². The standard InChI is InChI=1S/C34H30F3N3O5S2/c1-33(2,3)19-11-9-18(10-12-19)25-26-27(30(43)40(29(26)42)23-8-6-5-7-22(23)34(35,36)37)46-31-28(25)47-32(44)39(31)17-24(41)38-20-13-15-21(45-4)16-14-20/h5-16,25-27H,17H2,1-4H3,(H,38,41)/t25-,26?,27?/m1/s1. The zero-order chi connectivity index (χ0) is 33.8. The maximum absolute atomic E-state index is 14.1. The van der Waals surface area contributed by atoms with Gasteiger partial charge in [0.25, 0.3) is 0 Å². The Morgan fingerprint density at radius 3 is 2.19 bits per heavy atom. The quantitative estimate of drug-likeness (QED) is 0.229. The fourth-order valence-corrected chi connectivity index (χ4v) is 8.74. The van der Waals surface area contributed by atoms with Gasteiger partial charge in [0, 0.05) is 16.5 Å². The molecule has 1 aromatic heterocycles. The molecule has 0 aliphatic carbocycles. The number of benzene rings is 3. The lowest BCUT2D eigenvalue weighted by molar-refractivity contribution is -0.137. The number of thioether (sulfide) groups is 1. The molecule has 0 bridgehead atoms. The molecule has 1 fully saturated rings. The van der Waals surface area contributed by atoms with E-state index in [4.69, 9.17) is 4.74 Å². The third-order valence-electron chi connectivity index (χ3n) is 8.31. The van der Waals surface area contributed by atoms with Crippen LogP contribution in [-0.2, 0) is 32.5 Å². The lowest BCUT2D eigenvalue weighted by atomic mass is 9.81. The molecule has 0 radical (unpaired) electrons. The number of aromatic nitrogens is 1. The van der Waals surface area contributed by atoms with Crippen molar-refractivity contribution in [1.29, 1.82) is 0 Å². The van der Waals surface area contributed by atoms with Crippen LogP contribution in [0.2, 0.25) is 0 Å². The summed E-state index contributed by atoms with van der Waals surface area (Å²) in [5.41, 5.74) is 0.311. The number of halogens is 3. The first-order chi connectivity index (χ1) is 22.2. The summed E-state index contributed by atoms with van der Waals surface area (Å²) < 4.78 is 48.5. The molecule has 0 saturated carbocycles. The van der Waals surface area contributed by atoms with Gasteiger partial charge in [-0.15, -0.1) is 0 Å². The molecule has 2 aliphatic heterocycles. The Labute approximate surface area is 276 Å². The number of hydrogen-bond donors (Lipinski definition) is 1. The summed E-state index contributed by atoms with van der Waals surface area (Å²) in [5.74, 6) is -3.38. The summed E-state index contributed by atoms with van der Waals surface area (Å²) in [6.07, 6.45) is -4.81. The second-order valence-electron chi connectivity index (χ2n) is 12.3. The number of carbonyl (C=O) groups excluding carboxylic acids is 3. The van der Waals surface area contributed by atoms with Gasteiger partial charge >= 0.3 is 11.0 Å². The molecule has 3 amide bonds. The van der Waals surface area contributed by atoms with E-state index in [1.54, 1.807) is 24.3 Å². The first kappa shape index (κ1) is 32.6. The van der Waals surface area contributed by atoms with Gasteiger partial charge in [-0.2, -0.15) is 13.2 Å². The molecule has 1 N–H and O–H groups in total. The van der Waals surface area contributed by atoms with Gasteiger partial charge in [-0.25, -0.2) is 4.90 Å². The van der Waals surface area contributed by atoms with Gasteiger partial charge in [0.1, 0.15) is 17.5 Å². The largest absolute Gasteiger partial charge is 0.497 e. The molecule has 1 saturated heterocycles. The van der Waals surface area contributed by atoms with Gasteiger partial charge < -0.3 is 10.1 Å². The van der Waals surface area contributed by atoms with Gasteiger partial charge in [-0.05, 0) is 52.9 Å². The molecule has 13 heteroatoms. The van der Waals surface area contributed by atoms with Gasteiger partial charge in [0.05, 0.1) is 29.3 Å². The molecule has 2 unspecified atom stereocenters. The summed E-state index contributed by atoms with van der Waals surface area (Å²) >= 11 is 1.81. The summed E-state index contributed by atoms with van der Waals surface area (Å²) in [6.45, 7) is 5.77. The predicted octanol–water partition coefficient (Wildman–Crippen LogP) is 6.67. The average molecular weight is 682 g/mol. The van der Waals surface area contributed by atoms with Crippen LogP contribution >= 0.6 is 23.1 Å². The van der Waals surface area contributed by atoms with E-state index < -0.39 is 57.1 Å². The Hall–Kier alpha value is -4.36. The Balaban J connectivity index is 1.43. The van der Waals surface area contributed by atoms with Crippen molar-refractivity contribution in [3.05, 3.63) is 104 Å². The van der Waals surface area contributed by atoms with Crippen molar-refractivity contribution in [2.24, 2.45) is 5.92 Å². The number of carbonyl (C=O) groups is 3. The highest BCUT2D eigenvalue weighted by Crippen LogP contribution is 2.54. The summed E-state index contributed by atoms with van der Waals surface area (Å²) in [6, 6.07) is 18.6. The number of para-hydroxylation sites is 1. The molecule has 4 aromatic rings. The molecular formula is C34H30F3N3O5S2. The van der Waals surface area contributed by atoms with Crippen LogP contribution in [-0.4, -0.2) is 34.6 Å². The van der Waals surface area contributed by atoms with Crippen LogP contribution in [0.25, 0.3) is 0 Å². The average Bonchev–Trinajstić information content (AvgIpc) is 3.46. The van der Waals surface area contributed by atoms with Crippen molar-refractivity contribution in [1.82, 2.24) is 4.57 Å².